The van der Waals surface area contributed by atoms with Gasteiger partial charge in [-0.15, -0.1) is 11.8 Å². The van der Waals surface area contributed by atoms with E-state index in [0.717, 1.165) is 12.1 Å². The van der Waals surface area contributed by atoms with E-state index in [1.54, 1.807) is 11.8 Å². The highest BCUT2D eigenvalue weighted by Crippen LogP contribution is 2.41. The first-order valence-corrected chi connectivity index (χ1v) is 7.92. The van der Waals surface area contributed by atoms with Gasteiger partial charge in [-0.2, -0.15) is 0 Å². The number of rotatable bonds is 3. The average molecular weight is 283 g/mol. The fourth-order valence-corrected chi connectivity index (χ4v) is 3.64. The zero-order valence-electron chi connectivity index (χ0n) is 11.5. The molecular weight excluding hydrogens is 266 g/mol. The highest BCUT2D eigenvalue weighted by Gasteiger charge is 2.33. The molecule has 2 nitrogen and oxygen atoms in total. The Morgan fingerprint density at radius 3 is 2.45 bits per heavy atom. The molecule has 2 aromatic rings. The monoisotopic (exact) mass is 283 g/mol. The van der Waals surface area contributed by atoms with Crippen LogP contribution in [0.1, 0.15) is 23.4 Å². The van der Waals surface area contributed by atoms with Crippen molar-refractivity contribution in [3.63, 3.8) is 0 Å². The fraction of sp³-hybridized carbons (Fsp3) is 0.235. The summed E-state index contributed by atoms with van der Waals surface area (Å²) < 4.78 is 0. The lowest BCUT2D eigenvalue weighted by Crippen LogP contribution is -2.27. The Hall–Kier alpha value is -1.74. The zero-order chi connectivity index (χ0) is 13.9. The summed E-state index contributed by atoms with van der Waals surface area (Å²) in [5.41, 5.74) is 3.47. The summed E-state index contributed by atoms with van der Waals surface area (Å²) in [7, 11) is 0. The van der Waals surface area contributed by atoms with Gasteiger partial charge in [0.1, 0.15) is 5.37 Å². The van der Waals surface area contributed by atoms with Gasteiger partial charge in [0, 0.05) is 5.69 Å². The first kappa shape index (κ1) is 13.3. The molecule has 1 heterocycles. The maximum absolute atomic E-state index is 12.2. The van der Waals surface area contributed by atoms with Crippen LogP contribution in [0.2, 0.25) is 0 Å². The number of hydrogen-bond donors (Lipinski definition) is 0. The minimum absolute atomic E-state index is 0.0937. The molecule has 1 amide bonds. The molecule has 0 unspecified atom stereocenters. The molecule has 0 aliphatic carbocycles. The largest absolute Gasteiger partial charge is 0.295 e. The van der Waals surface area contributed by atoms with Gasteiger partial charge in [0.05, 0.1) is 5.75 Å². The van der Waals surface area contributed by atoms with Crippen molar-refractivity contribution in [1.29, 1.82) is 0 Å². The van der Waals surface area contributed by atoms with Crippen molar-refractivity contribution in [3.8, 4) is 0 Å². The fourth-order valence-electron chi connectivity index (χ4n) is 2.46. The molecule has 0 aromatic heterocycles. The van der Waals surface area contributed by atoms with Crippen molar-refractivity contribution in [2.45, 2.75) is 18.7 Å². The van der Waals surface area contributed by atoms with Crippen molar-refractivity contribution < 1.29 is 4.79 Å². The third-order valence-corrected chi connectivity index (χ3v) is 4.79. The summed E-state index contributed by atoms with van der Waals surface area (Å²) in [6.07, 6.45) is 1.02. The van der Waals surface area contributed by atoms with E-state index < -0.39 is 0 Å². The Morgan fingerprint density at radius 2 is 1.80 bits per heavy atom. The molecule has 3 rings (SSSR count). The van der Waals surface area contributed by atoms with E-state index in [9.17, 15) is 4.79 Å². The van der Waals surface area contributed by atoms with Gasteiger partial charge in [-0.05, 0) is 29.7 Å². The SMILES string of the molecule is CCc1ccc(N2C(=O)CS[C@@H]2c2ccccc2)cc1. The van der Waals surface area contributed by atoms with Crippen LogP contribution in [-0.2, 0) is 11.2 Å². The van der Waals surface area contributed by atoms with Gasteiger partial charge in [0.25, 0.3) is 0 Å². The summed E-state index contributed by atoms with van der Waals surface area (Å²) >= 11 is 1.69. The van der Waals surface area contributed by atoms with E-state index in [0.29, 0.717) is 5.75 Å². The van der Waals surface area contributed by atoms with Gasteiger partial charge in [0.2, 0.25) is 5.91 Å². The van der Waals surface area contributed by atoms with Crippen LogP contribution in [0, 0.1) is 0 Å². The zero-order valence-corrected chi connectivity index (χ0v) is 12.3. The molecule has 1 saturated heterocycles. The number of benzene rings is 2. The van der Waals surface area contributed by atoms with Crippen LogP contribution in [0.5, 0.6) is 0 Å². The van der Waals surface area contributed by atoms with Gasteiger partial charge in [0.15, 0.2) is 0 Å². The van der Waals surface area contributed by atoms with E-state index in [4.69, 9.17) is 0 Å². The van der Waals surface area contributed by atoms with Crippen LogP contribution in [0.4, 0.5) is 5.69 Å². The Balaban J connectivity index is 1.94. The van der Waals surface area contributed by atoms with Crippen LogP contribution in [0.25, 0.3) is 0 Å². The van der Waals surface area contributed by atoms with Crippen LogP contribution < -0.4 is 4.90 Å². The van der Waals surface area contributed by atoms with Crippen molar-refractivity contribution >= 4 is 23.4 Å². The third-order valence-electron chi connectivity index (χ3n) is 3.58. The maximum atomic E-state index is 12.2. The Kier molecular flexibility index (Phi) is 3.79. The van der Waals surface area contributed by atoms with E-state index >= 15 is 0 Å². The van der Waals surface area contributed by atoms with Crippen LogP contribution in [0.3, 0.4) is 0 Å². The number of nitrogens with zero attached hydrogens (tertiary/aromatic N) is 1. The average Bonchev–Trinajstić information content (AvgIpc) is 2.90. The lowest BCUT2D eigenvalue weighted by Gasteiger charge is -2.24. The standard InChI is InChI=1S/C17H17NOS/c1-2-13-8-10-15(11-9-13)18-16(19)12-20-17(18)14-6-4-3-5-7-14/h3-11,17H,2,12H2,1H3/t17-/m1/s1. The molecular formula is C17H17NOS. The number of carbonyl (C=O) groups excluding carboxylic acids is 1. The Labute approximate surface area is 123 Å². The predicted octanol–water partition coefficient (Wildman–Crippen LogP) is 4.03. The predicted molar refractivity (Wildman–Crippen MR) is 84.9 cm³/mol. The van der Waals surface area contributed by atoms with Crippen LogP contribution in [-0.4, -0.2) is 11.7 Å². The molecule has 1 atom stereocenters. The van der Waals surface area contributed by atoms with Gasteiger partial charge >= 0.3 is 0 Å². The quantitative estimate of drug-likeness (QED) is 0.847. The molecule has 1 fully saturated rings. The second-order valence-corrected chi connectivity index (χ2v) is 5.93. The summed E-state index contributed by atoms with van der Waals surface area (Å²) in [6, 6.07) is 18.5. The molecule has 0 spiro atoms. The minimum Gasteiger partial charge on any atom is -0.295 e. The highest BCUT2D eigenvalue weighted by molar-refractivity contribution is 8.00. The molecule has 20 heavy (non-hydrogen) atoms. The number of anilines is 1. The first-order chi connectivity index (χ1) is 9.79. The summed E-state index contributed by atoms with van der Waals surface area (Å²) in [6.45, 7) is 2.14. The molecule has 102 valence electrons. The maximum Gasteiger partial charge on any atom is 0.238 e. The molecule has 0 radical (unpaired) electrons. The summed E-state index contributed by atoms with van der Waals surface area (Å²) in [5, 5.41) is 0.0937. The topological polar surface area (TPSA) is 20.3 Å². The number of aryl methyl sites for hydroxylation is 1. The van der Waals surface area contributed by atoms with Crippen molar-refractivity contribution in [2.24, 2.45) is 0 Å². The van der Waals surface area contributed by atoms with E-state index in [1.807, 2.05) is 23.1 Å². The van der Waals surface area contributed by atoms with Crippen molar-refractivity contribution in [1.82, 2.24) is 0 Å². The van der Waals surface area contributed by atoms with Crippen molar-refractivity contribution in [2.75, 3.05) is 10.7 Å². The van der Waals surface area contributed by atoms with Crippen LogP contribution in [0.15, 0.2) is 54.6 Å². The van der Waals surface area contributed by atoms with Crippen molar-refractivity contribution in [3.05, 3.63) is 65.7 Å². The lowest BCUT2D eigenvalue weighted by molar-refractivity contribution is -0.115. The molecule has 0 bridgehead atoms. The second-order valence-electron chi connectivity index (χ2n) is 4.86. The van der Waals surface area contributed by atoms with Crippen LogP contribution >= 0.6 is 11.8 Å². The molecule has 1 aliphatic heterocycles. The number of thioether (sulfide) groups is 1. The molecule has 0 N–H and O–H groups in total. The first-order valence-electron chi connectivity index (χ1n) is 6.87. The minimum atomic E-state index is 0.0937. The molecule has 3 heteroatoms. The van der Waals surface area contributed by atoms with E-state index in [-0.39, 0.29) is 11.3 Å². The smallest absolute Gasteiger partial charge is 0.238 e. The highest BCUT2D eigenvalue weighted by atomic mass is 32.2. The number of carbonyl (C=O) groups is 1. The lowest BCUT2D eigenvalue weighted by atomic mass is 10.1. The van der Waals surface area contributed by atoms with Gasteiger partial charge < -0.3 is 0 Å². The Bertz CT molecular complexity index is 594. The van der Waals surface area contributed by atoms with Gasteiger partial charge in [-0.25, -0.2) is 0 Å². The molecule has 2 aromatic carbocycles. The molecule has 0 saturated carbocycles. The molecule has 1 aliphatic rings. The second kappa shape index (κ2) is 5.71. The summed E-state index contributed by atoms with van der Waals surface area (Å²) in [4.78, 5) is 14.1. The number of amides is 1. The normalized spacial score (nSPS) is 18.6. The Morgan fingerprint density at radius 1 is 1.10 bits per heavy atom. The van der Waals surface area contributed by atoms with Gasteiger partial charge in [-0.3, -0.25) is 9.69 Å². The van der Waals surface area contributed by atoms with E-state index in [2.05, 4.69) is 43.3 Å². The van der Waals surface area contributed by atoms with Gasteiger partial charge in [-0.1, -0.05) is 49.4 Å². The third kappa shape index (κ3) is 2.46. The summed E-state index contributed by atoms with van der Waals surface area (Å²) in [5.74, 6) is 0.739. The van der Waals surface area contributed by atoms with E-state index in [1.165, 1.54) is 11.1 Å². The number of hydrogen-bond acceptors (Lipinski definition) is 2.